The van der Waals surface area contributed by atoms with Crippen LogP contribution in [-0.2, 0) is 11.3 Å². The number of amides is 1. The van der Waals surface area contributed by atoms with Crippen molar-refractivity contribution in [3.05, 3.63) is 52.4 Å². The topological polar surface area (TPSA) is 103 Å². The fraction of sp³-hybridized carbons (Fsp3) is 0.250. The predicted molar refractivity (Wildman–Crippen MR) is 113 cm³/mol. The van der Waals surface area contributed by atoms with Gasteiger partial charge in [0.15, 0.2) is 5.65 Å². The zero-order valence-corrected chi connectivity index (χ0v) is 17.8. The van der Waals surface area contributed by atoms with Crippen molar-refractivity contribution < 1.29 is 14.3 Å². The standard InChI is InChI=1S/C20H20N6O3S/c1-5-25-10-15(12(3)24-25)16-6-7-21-17-14(9-22-26(16)17)18(27)23-19-13(20(28)29-4)8-11(2)30-19/h6-10H,5H2,1-4H3,(H,23,27). The molecular formula is C20H20N6O3S. The second kappa shape index (κ2) is 7.71. The smallest absolute Gasteiger partial charge is 0.340 e. The lowest BCUT2D eigenvalue weighted by Crippen LogP contribution is -2.14. The molecule has 154 valence electrons. The van der Waals surface area contributed by atoms with Crippen LogP contribution in [0.4, 0.5) is 5.00 Å². The van der Waals surface area contributed by atoms with Crippen LogP contribution in [0, 0.1) is 13.8 Å². The summed E-state index contributed by atoms with van der Waals surface area (Å²) in [4.78, 5) is 30.2. The van der Waals surface area contributed by atoms with E-state index < -0.39 is 11.9 Å². The van der Waals surface area contributed by atoms with Gasteiger partial charge in [0.1, 0.15) is 10.6 Å². The molecule has 4 rings (SSSR count). The first kappa shape index (κ1) is 19.8. The number of thiophene rings is 1. The number of fused-ring (bicyclic) bond motifs is 1. The molecule has 10 heteroatoms. The van der Waals surface area contributed by atoms with Crippen LogP contribution in [-0.4, -0.2) is 43.4 Å². The summed E-state index contributed by atoms with van der Waals surface area (Å²) in [5.41, 5.74) is 3.61. The van der Waals surface area contributed by atoms with Crippen LogP contribution < -0.4 is 5.32 Å². The fourth-order valence-electron chi connectivity index (χ4n) is 3.23. The first-order valence-corrected chi connectivity index (χ1v) is 10.1. The number of aryl methyl sites for hydroxylation is 3. The number of carbonyl (C=O) groups is 2. The van der Waals surface area contributed by atoms with E-state index in [0.29, 0.717) is 21.8 Å². The minimum Gasteiger partial charge on any atom is -0.465 e. The lowest BCUT2D eigenvalue weighted by molar-refractivity contribution is 0.0602. The van der Waals surface area contributed by atoms with E-state index in [1.807, 2.05) is 37.7 Å². The van der Waals surface area contributed by atoms with Gasteiger partial charge in [-0.05, 0) is 32.9 Å². The lowest BCUT2D eigenvalue weighted by Gasteiger charge is -2.05. The number of anilines is 1. The van der Waals surface area contributed by atoms with Crippen molar-refractivity contribution >= 4 is 33.9 Å². The van der Waals surface area contributed by atoms with Gasteiger partial charge in [-0.2, -0.15) is 10.2 Å². The summed E-state index contributed by atoms with van der Waals surface area (Å²) in [7, 11) is 1.31. The van der Waals surface area contributed by atoms with Gasteiger partial charge in [0.2, 0.25) is 0 Å². The molecule has 0 aliphatic heterocycles. The third-order valence-electron chi connectivity index (χ3n) is 4.68. The van der Waals surface area contributed by atoms with Crippen LogP contribution in [0.1, 0.15) is 38.2 Å². The highest BCUT2D eigenvalue weighted by atomic mass is 32.1. The highest BCUT2D eigenvalue weighted by molar-refractivity contribution is 7.16. The zero-order chi connectivity index (χ0) is 21.4. The summed E-state index contributed by atoms with van der Waals surface area (Å²) < 4.78 is 8.27. The maximum atomic E-state index is 13.0. The monoisotopic (exact) mass is 424 g/mol. The molecule has 1 N–H and O–H groups in total. The normalized spacial score (nSPS) is 11.1. The highest BCUT2D eigenvalue weighted by Gasteiger charge is 2.22. The minimum absolute atomic E-state index is 0.305. The Balaban J connectivity index is 1.72. The summed E-state index contributed by atoms with van der Waals surface area (Å²) in [6.07, 6.45) is 5.06. The second-order valence-corrected chi connectivity index (χ2v) is 7.91. The van der Waals surface area contributed by atoms with Crippen molar-refractivity contribution in [2.75, 3.05) is 12.4 Å². The Kier molecular flexibility index (Phi) is 5.08. The van der Waals surface area contributed by atoms with Gasteiger partial charge in [-0.1, -0.05) is 0 Å². The molecule has 0 radical (unpaired) electrons. The van der Waals surface area contributed by atoms with Crippen LogP contribution in [0.5, 0.6) is 0 Å². The Morgan fingerprint density at radius 3 is 2.77 bits per heavy atom. The molecule has 0 aliphatic rings. The van der Waals surface area contributed by atoms with Gasteiger partial charge in [0.05, 0.1) is 30.3 Å². The molecule has 0 saturated carbocycles. The number of esters is 1. The number of rotatable bonds is 5. The van der Waals surface area contributed by atoms with E-state index >= 15 is 0 Å². The molecule has 0 saturated heterocycles. The number of nitrogens with zero attached hydrogens (tertiary/aromatic N) is 5. The van der Waals surface area contributed by atoms with Gasteiger partial charge < -0.3 is 10.1 Å². The molecule has 0 atom stereocenters. The minimum atomic E-state index is -0.502. The van der Waals surface area contributed by atoms with Gasteiger partial charge in [-0.3, -0.25) is 9.48 Å². The first-order chi connectivity index (χ1) is 14.4. The molecular weight excluding hydrogens is 404 g/mol. The van der Waals surface area contributed by atoms with Crippen molar-refractivity contribution in [1.82, 2.24) is 24.4 Å². The molecule has 0 bridgehead atoms. The molecule has 4 aromatic heterocycles. The maximum absolute atomic E-state index is 13.0. The van der Waals surface area contributed by atoms with E-state index in [2.05, 4.69) is 20.5 Å². The number of carbonyl (C=O) groups excluding carboxylic acids is 2. The van der Waals surface area contributed by atoms with Gasteiger partial charge in [-0.25, -0.2) is 14.3 Å². The quantitative estimate of drug-likeness (QED) is 0.493. The predicted octanol–water partition coefficient (Wildman–Crippen LogP) is 3.33. The molecule has 9 nitrogen and oxygen atoms in total. The highest BCUT2D eigenvalue weighted by Crippen LogP contribution is 2.29. The van der Waals surface area contributed by atoms with Crippen LogP contribution in [0.15, 0.2) is 30.7 Å². The van der Waals surface area contributed by atoms with E-state index in [4.69, 9.17) is 4.74 Å². The van der Waals surface area contributed by atoms with E-state index in [1.54, 1.807) is 16.8 Å². The number of hydrogen-bond donors (Lipinski definition) is 1. The molecule has 0 spiro atoms. The molecule has 0 aromatic carbocycles. The van der Waals surface area contributed by atoms with Gasteiger partial charge in [-0.15, -0.1) is 11.3 Å². The second-order valence-electron chi connectivity index (χ2n) is 6.65. The lowest BCUT2D eigenvalue weighted by atomic mass is 10.2. The summed E-state index contributed by atoms with van der Waals surface area (Å²) in [6, 6.07) is 3.52. The maximum Gasteiger partial charge on any atom is 0.340 e. The Hall–Kier alpha value is -3.53. The molecule has 30 heavy (non-hydrogen) atoms. The Bertz CT molecular complexity index is 1270. The van der Waals surface area contributed by atoms with E-state index in [1.165, 1.54) is 24.6 Å². The SMILES string of the molecule is CCn1cc(-c2ccnc3c(C(=O)Nc4sc(C)cc4C(=O)OC)cnn23)c(C)n1. The summed E-state index contributed by atoms with van der Waals surface area (Å²) in [5, 5.41) is 12.1. The number of hydrogen-bond acceptors (Lipinski definition) is 7. The average molecular weight is 424 g/mol. The van der Waals surface area contributed by atoms with Gasteiger partial charge in [0.25, 0.3) is 5.91 Å². The molecule has 4 aromatic rings. The van der Waals surface area contributed by atoms with Crippen molar-refractivity contribution in [3.63, 3.8) is 0 Å². The molecule has 0 fully saturated rings. The van der Waals surface area contributed by atoms with E-state index in [0.717, 1.165) is 28.4 Å². The molecule has 0 unspecified atom stereocenters. The van der Waals surface area contributed by atoms with Crippen molar-refractivity contribution in [1.29, 1.82) is 0 Å². The molecule has 4 heterocycles. The first-order valence-electron chi connectivity index (χ1n) is 9.30. The van der Waals surface area contributed by atoms with Crippen molar-refractivity contribution in [2.24, 2.45) is 0 Å². The van der Waals surface area contributed by atoms with Crippen molar-refractivity contribution in [2.45, 2.75) is 27.3 Å². The van der Waals surface area contributed by atoms with Crippen molar-refractivity contribution in [3.8, 4) is 11.3 Å². The summed E-state index contributed by atoms with van der Waals surface area (Å²) >= 11 is 1.30. The Morgan fingerprint density at radius 1 is 1.27 bits per heavy atom. The van der Waals surface area contributed by atoms with Crippen LogP contribution in [0.3, 0.4) is 0 Å². The molecule has 1 amide bonds. The Labute approximate surface area is 176 Å². The van der Waals surface area contributed by atoms with Gasteiger partial charge >= 0.3 is 5.97 Å². The molecule has 0 aliphatic carbocycles. The zero-order valence-electron chi connectivity index (χ0n) is 17.0. The van der Waals surface area contributed by atoms with Crippen LogP contribution in [0.25, 0.3) is 16.9 Å². The number of nitrogens with one attached hydrogen (secondary N) is 1. The largest absolute Gasteiger partial charge is 0.465 e. The Morgan fingerprint density at radius 2 is 2.07 bits per heavy atom. The van der Waals surface area contributed by atoms with E-state index in [-0.39, 0.29) is 0 Å². The third kappa shape index (κ3) is 3.35. The average Bonchev–Trinajstić information content (AvgIpc) is 3.43. The fourth-order valence-corrected chi connectivity index (χ4v) is 4.12. The number of aromatic nitrogens is 5. The number of methoxy groups -OCH3 is 1. The van der Waals surface area contributed by atoms with E-state index in [9.17, 15) is 9.59 Å². The number of ether oxygens (including phenoxy) is 1. The van der Waals surface area contributed by atoms with Crippen LogP contribution >= 0.6 is 11.3 Å². The summed E-state index contributed by atoms with van der Waals surface area (Å²) in [6.45, 7) is 6.56. The summed E-state index contributed by atoms with van der Waals surface area (Å²) in [5.74, 6) is -0.902. The van der Waals surface area contributed by atoms with Crippen LogP contribution in [0.2, 0.25) is 0 Å². The van der Waals surface area contributed by atoms with Gasteiger partial charge in [0, 0.05) is 29.4 Å². The third-order valence-corrected chi connectivity index (χ3v) is 5.65.